The van der Waals surface area contributed by atoms with Gasteiger partial charge in [0.15, 0.2) is 0 Å². The Hall–Kier alpha value is -3.97. The predicted molar refractivity (Wildman–Crippen MR) is 109 cm³/mol. The van der Waals surface area contributed by atoms with Gasteiger partial charge in [-0.25, -0.2) is 10.3 Å². The topological polar surface area (TPSA) is 104 Å². The van der Waals surface area contributed by atoms with E-state index in [1.165, 1.54) is 0 Å². The maximum atomic E-state index is 12.8. The Balaban J connectivity index is 1.83. The summed E-state index contributed by atoms with van der Waals surface area (Å²) in [4.78, 5) is 40.0. The number of fused-ring (bicyclic) bond motifs is 1. The largest absolute Gasteiger partial charge is 0.329 e. The summed E-state index contributed by atoms with van der Waals surface area (Å²) in [6.07, 6.45) is 0. The highest BCUT2D eigenvalue weighted by atomic mass is 16.5. The third-order valence-corrected chi connectivity index (χ3v) is 4.75. The number of hydrogen-bond donors (Lipinski definition) is 3. The van der Waals surface area contributed by atoms with Gasteiger partial charge in [0.2, 0.25) is 0 Å². The number of carbonyl (C=O) groups excluding carboxylic acids is 1. The van der Waals surface area contributed by atoms with Gasteiger partial charge in [0.05, 0.1) is 17.4 Å². The van der Waals surface area contributed by atoms with Gasteiger partial charge in [0.25, 0.3) is 11.5 Å². The van der Waals surface area contributed by atoms with Crippen LogP contribution in [-0.4, -0.2) is 20.7 Å². The number of hydrogen-bond acceptors (Lipinski definition) is 4. The van der Waals surface area contributed by atoms with E-state index < -0.39 is 11.6 Å². The zero-order valence-electron chi connectivity index (χ0n) is 15.3. The van der Waals surface area contributed by atoms with Crippen LogP contribution in [0.5, 0.6) is 0 Å². The van der Waals surface area contributed by atoms with Gasteiger partial charge in [0.1, 0.15) is 0 Å². The lowest BCUT2D eigenvalue weighted by Crippen LogP contribution is -2.35. The van der Waals surface area contributed by atoms with Crippen molar-refractivity contribution in [1.29, 1.82) is 0 Å². The van der Waals surface area contributed by atoms with Gasteiger partial charge in [0, 0.05) is 5.56 Å². The van der Waals surface area contributed by atoms with E-state index in [2.05, 4.69) is 4.98 Å². The predicted octanol–water partition coefficient (Wildman–Crippen LogP) is 2.52. The van der Waals surface area contributed by atoms with E-state index in [4.69, 9.17) is 5.21 Å². The molecule has 0 aliphatic carbocycles. The van der Waals surface area contributed by atoms with E-state index in [0.717, 1.165) is 10.1 Å². The van der Waals surface area contributed by atoms with Gasteiger partial charge < -0.3 is 4.98 Å². The minimum atomic E-state index is -0.642. The van der Waals surface area contributed by atoms with Crippen molar-refractivity contribution >= 4 is 16.8 Å². The Bertz CT molecular complexity index is 1320. The van der Waals surface area contributed by atoms with Crippen molar-refractivity contribution in [2.24, 2.45) is 0 Å². The van der Waals surface area contributed by atoms with E-state index in [0.29, 0.717) is 22.0 Å². The van der Waals surface area contributed by atoms with Crippen LogP contribution in [0, 0.1) is 0 Å². The molecule has 0 spiro atoms. The van der Waals surface area contributed by atoms with Crippen molar-refractivity contribution in [1.82, 2.24) is 15.0 Å². The molecule has 3 N–H and O–H groups in total. The molecule has 1 aromatic heterocycles. The molecule has 0 bridgehead atoms. The van der Waals surface area contributed by atoms with Crippen LogP contribution >= 0.6 is 0 Å². The number of aromatic nitrogens is 2. The Morgan fingerprint density at radius 3 is 2.45 bits per heavy atom. The second-order valence-corrected chi connectivity index (χ2v) is 6.55. The van der Waals surface area contributed by atoms with E-state index >= 15 is 0 Å². The first-order valence-corrected chi connectivity index (χ1v) is 8.93. The fraction of sp³-hybridized carbons (Fsp3) is 0.0455. The number of amides is 1. The molecule has 4 aromatic rings. The molecule has 29 heavy (non-hydrogen) atoms. The Morgan fingerprint density at radius 2 is 1.69 bits per heavy atom. The van der Waals surface area contributed by atoms with Gasteiger partial charge in [-0.05, 0) is 41.0 Å². The van der Waals surface area contributed by atoms with Crippen LogP contribution in [0.3, 0.4) is 0 Å². The smallest absolute Gasteiger partial charge is 0.307 e. The summed E-state index contributed by atoms with van der Waals surface area (Å²) in [5.74, 6) is -0.642. The molecular formula is C22H17N3O4. The zero-order chi connectivity index (χ0) is 20.4. The average Bonchev–Trinajstić information content (AvgIpc) is 2.76. The first kappa shape index (κ1) is 18.4. The number of para-hydroxylation sites is 1. The lowest BCUT2D eigenvalue weighted by atomic mass is 9.96. The van der Waals surface area contributed by atoms with Crippen molar-refractivity contribution in [2.75, 3.05) is 0 Å². The Kier molecular flexibility index (Phi) is 4.80. The molecule has 7 heteroatoms. The van der Waals surface area contributed by atoms with Gasteiger partial charge in [-0.3, -0.25) is 19.4 Å². The molecule has 0 radical (unpaired) electrons. The first-order valence-electron chi connectivity index (χ1n) is 8.93. The molecule has 7 nitrogen and oxygen atoms in total. The third kappa shape index (κ3) is 3.46. The highest BCUT2D eigenvalue weighted by molar-refractivity contribution is 6.00. The normalized spacial score (nSPS) is 10.8. The molecule has 0 saturated heterocycles. The fourth-order valence-corrected chi connectivity index (χ4v) is 3.33. The maximum Gasteiger partial charge on any atom is 0.329 e. The number of benzene rings is 3. The van der Waals surface area contributed by atoms with Crippen LogP contribution in [0.25, 0.3) is 22.0 Å². The van der Waals surface area contributed by atoms with E-state index in [1.807, 2.05) is 30.3 Å². The minimum absolute atomic E-state index is 0.0415. The molecule has 0 unspecified atom stereocenters. The number of H-pyrrole nitrogens is 1. The van der Waals surface area contributed by atoms with Crippen molar-refractivity contribution in [3.8, 4) is 11.1 Å². The Labute approximate surface area is 164 Å². The molecular weight excluding hydrogens is 370 g/mol. The molecule has 3 aromatic carbocycles. The number of rotatable bonds is 4. The number of hydroxylamine groups is 1. The average molecular weight is 387 g/mol. The molecule has 0 atom stereocenters. The number of nitrogens with one attached hydrogen (secondary N) is 2. The van der Waals surface area contributed by atoms with E-state index in [9.17, 15) is 14.4 Å². The van der Waals surface area contributed by atoms with Crippen molar-refractivity contribution in [3.05, 3.63) is 105 Å². The summed E-state index contributed by atoms with van der Waals surface area (Å²) < 4.78 is 1.12. The van der Waals surface area contributed by atoms with Crippen molar-refractivity contribution in [2.45, 2.75) is 6.54 Å². The number of carbonyl (C=O) groups is 1. The SMILES string of the molecule is O=C(NO)c1ccc(Cn2c(=O)[nH]c3ccccc3c2=O)cc1-c1ccccc1. The summed E-state index contributed by atoms with van der Waals surface area (Å²) in [6.45, 7) is 0.0415. The summed E-state index contributed by atoms with van der Waals surface area (Å²) in [5.41, 5.74) is 3.54. The lowest BCUT2D eigenvalue weighted by molar-refractivity contribution is 0.0707. The summed E-state index contributed by atoms with van der Waals surface area (Å²) in [7, 11) is 0. The van der Waals surface area contributed by atoms with Crippen LogP contribution in [0.4, 0.5) is 0 Å². The molecule has 0 aliphatic rings. The molecule has 0 fully saturated rings. The standard InChI is InChI=1S/C22H17N3O4/c26-20(24-29)16-11-10-14(12-18(16)15-6-2-1-3-7-15)13-25-21(27)17-8-4-5-9-19(17)23-22(25)28/h1-12,29H,13H2,(H,23,28)(H,24,26). The van der Waals surface area contributed by atoms with Crippen LogP contribution in [0.15, 0.2) is 82.4 Å². The quantitative estimate of drug-likeness (QED) is 0.370. The van der Waals surface area contributed by atoms with Crippen molar-refractivity contribution < 1.29 is 10.0 Å². The number of aromatic amines is 1. The second-order valence-electron chi connectivity index (χ2n) is 6.55. The van der Waals surface area contributed by atoms with Gasteiger partial charge in [-0.2, -0.15) is 0 Å². The highest BCUT2D eigenvalue weighted by Gasteiger charge is 2.14. The second kappa shape index (κ2) is 7.57. The van der Waals surface area contributed by atoms with Gasteiger partial charge in [-0.1, -0.05) is 48.5 Å². The summed E-state index contributed by atoms with van der Waals surface area (Å²) >= 11 is 0. The summed E-state index contributed by atoms with van der Waals surface area (Å²) in [5, 5.41) is 9.47. The maximum absolute atomic E-state index is 12.8. The highest BCUT2D eigenvalue weighted by Crippen LogP contribution is 2.25. The number of nitrogens with zero attached hydrogens (tertiary/aromatic N) is 1. The molecule has 4 rings (SSSR count). The van der Waals surface area contributed by atoms with E-state index in [-0.39, 0.29) is 17.7 Å². The van der Waals surface area contributed by atoms with Crippen LogP contribution in [0.2, 0.25) is 0 Å². The first-order chi connectivity index (χ1) is 14.1. The minimum Gasteiger partial charge on any atom is -0.307 e. The van der Waals surface area contributed by atoms with Crippen LogP contribution in [0.1, 0.15) is 15.9 Å². The third-order valence-electron chi connectivity index (χ3n) is 4.75. The Morgan fingerprint density at radius 1 is 0.966 bits per heavy atom. The van der Waals surface area contributed by atoms with Crippen LogP contribution < -0.4 is 16.7 Å². The zero-order valence-corrected chi connectivity index (χ0v) is 15.3. The monoisotopic (exact) mass is 387 g/mol. The molecule has 1 amide bonds. The lowest BCUT2D eigenvalue weighted by Gasteiger charge is -2.12. The van der Waals surface area contributed by atoms with E-state index in [1.54, 1.807) is 47.9 Å². The molecule has 0 saturated carbocycles. The summed E-state index contributed by atoms with van der Waals surface area (Å²) in [6, 6.07) is 21.0. The van der Waals surface area contributed by atoms with Gasteiger partial charge >= 0.3 is 5.69 Å². The van der Waals surface area contributed by atoms with Crippen molar-refractivity contribution in [3.63, 3.8) is 0 Å². The molecule has 1 heterocycles. The molecule has 144 valence electrons. The molecule has 0 aliphatic heterocycles. The van der Waals surface area contributed by atoms with Crippen LogP contribution in [-0.2, 0) is 6.54 Å². The fourth-order valence-electron chi connectivity index (χ4n) is 3.33. The van der Waals surface area contributed by atoms with Gasteiger partial charge in [-0.15, -0.1) is 0 Å².